The number of para-hydroxylation sites is 1. The van der Waals surface area contributed by atoms with Crippen LogP contribution >= 0.6 is 11.8 Å². The van der Waals surface area contributed by atoms with Crippen LogP contribution in [0.25, 0.3) is 16.7 Å². The van der Waals surface area contributed by atoms with E-state index in [-0.39, 0.29) is 5.56 Å². The van der Waals surface area contributed by atoms with E-state index in [0.717, 1.165) is 48.7 Å². The Hall–Kier alpha value is -2.65. The fourth-order valence-corrected chi connectivity index (χ4v) is 4.59. The maximum Gasteiger partial charge on any atom is 0.262 e. The fourth-order valence-electron chi connectivity index (χ4n) is 3.65. The normalized spacial score (nSPS) is 11.6. The number of hydrogen-bond acceptors (Lipinski definition) is 6. The van der Waals surface area contributed by atoms with E-state index in [4.69, 9.17) is 4.74 Å². The van der Waals surface area contributed by atoms with Crippen molar-refractivity contribution in [2.24, 2.45) is 0 Å². The third-order valence-corrected chi connectivity index (χ3v) is 6.19. The fraction of sp³-hybridized carbons (Fsp3) is 0.455. The van der Waals surface area contributed by atoms with Gasteiger partial charge < -0.3 is 4.74 Å². The average Bonchev–Trinajstić information content (AvgIpc) is 3.46. The summed E-state index contributed by atoms with van der Waals surface area (Å²) >= 11 is 1.69. The topological polar surface area (TPSA) is 79.2 Å². The molecule has 0 aliphatic heterocycles. The Labute approximate surface area is 185 Å². The molecule has 3 aromatic heterocycles. The Morgan fingerprint density at radius 2 is 1.94 bits per heavy atom. The SMILES string of the molecule is CCOCCCn1c(=O)c2ccccc2n2c(SCCCCCn3cccn3)nnc12. The predicted octanol–water partition coefficient (Wildman–Crippen LogP) is 3.63. The highest BCUT2D eigenvalue weighted by Gasteiger charge is 2.16. The van der Waals surface area contributed by atoms with Gasteiger partial charge in [0.1, 0.15) is 0 Å². The Morgan fingerprint density at radius 3 is 2.77 bits per heavy atom. The van der Waals surface area contributed by atoms with E-state index in [1.54, 1.807) is 16.3 Å². The first-order chi connectivity index (χ1) is 15.3. The van der Waals surface area contributed by atoms with Gasteiger partial charge >= 0.3 is 0 Å². The molecule has 0 saturated heterocycles. The zero-order chi connectivity index (χ0) is 21.5. The van der Waals surface area contributed by atoms with E-state index in [2.05, 4.69) is 15.3 Å². The Kier molecular flexibility index (Phi) is 7.37. The van der Waals surface area contributed by atoms with E-state index >= 15 is 0 Å². The van der Waals surface area contributed by atoms with Crippen molar-refractivity contribution in [2.75, 3.05) is 19.0 Å². The first-order valence-corrected chi connectivity index (χ1v) is 11.8. The van der Waals surface area contributed by atoms with Crippen molar-refractivity contribution in [3.05, 3.63) is 53.1 Å². The highest BCUT2D eigenvalue weighted by molar-refractivity contribution is 7.99. The molecule has 164 valence electrons. The van der Waals surface area contributed by atoms with Crippen molar-refractivity contribution in [1.82, 2.24) is 28.9 Å². The molecule has 9 heteroatoms. The molecule has 0 aliphatic carbocycles. The molecule has 0 aliphatic rings. The lowest BCUT2D eigenvalue weighted by atomic mass is 10.2. The quantitative estimate of drug-likeness (QED) is 0.247. The average molecular weight is 441 g/mol. The van der Waals surface area contributed by atoms with Gasteiger partial charge in [0.15, 0.2) is 5.16 Å². The predicted molar refractivity (Wildman–Crippen MR) is 123 cm³/mol. The standard InChI is InChI=1S/C22H28N6O2S/c1-2-30-16-9-15-27-20(29)18-10-4-5-11-19(18)28-21(27)24-25-22(28)31-17-7-3-6-13-26-14-8-12-23-26/h4-5,8,10-12,14H,2-3,6-7,9,13,15-17H2,1H3. The molecule has 4 rings (SSSR count). The minimum Gasteiger partial charge on any atom is -0.382 e. The number of rotatable bonds is 12. The maximum absolute atomic E-state index is 13.1. The number of unbranched alkanes of at least 4 members (excludes halogenated alkanes) is 2. The molecule has 0 fully saturated rings. The second kappa shape index (κ2) is 10.6. The molecule has 0 radical (unpaired) electrons. The molecule has 0 bridgehead atoms. The van der Waals surface area contributed by atoms with Crippen LogP contribution in [0.1, 0.15) is 32.6 Å². The summed E-state index contributed by atoms with van der Waals surface area (Å²) in [6, 6.07) is 9.64. The van der Waals surface area contributed by atoms with Crippen LogP contribution in [0.15, 0.2) is 52.7 Å². The smallest absolute Gasteiger partial charge is 0.262 e. The van der Waals surface area contributed by atoms with Gasteiger partial charge in [0.05, 0.1) is 10.9 Å². The van der Waals surface area contributed by atoms with Crippen LogP contribution in [0.5, 0.6) is 0 Å². The summed E-state index contributed by atoms with van der Waals surface area (Å²) in [5.74, 6) is 1.55. The first kappa shape index (κ1) is 21.6. The third-order valence-electron chi connectivity index (χ3n) is 5.17. The summed E-state index contributed by atoms with van der Waals surface area (Å²) in [5.41, 5.74) is 0.830. The molecule has 4 aromatic rings. The Morgan fingerprint density at radius 1 is 1.03 bits per heavy atom. The summed E-state index contributed by atoms with van der Waals surface area (Å²) in [6.45, 7) is 4.78. The van der Waals surface area contributed by atoms with Crippen LogP contribution in [0, 0.1) is 0 Å². The molecule has 0 unspecified atom stereocenters. The van der Waals surface area contributed by atoms with Gasteiger partial charge in [-0.15, -0.1) is 10.2 Å². The van der Waals surface area contributed by atoms with Gasteiger partial charge in [-0.05, 0) is 44.4 Å². The number of aromatic nitrogens is 6. The third kappa shape index (κ3) is 4.99. The van der Waals surface area contributed by atoms with Gasteiger partial charge in [0, 0.05) is 44.4 Å². The summed E-state index contributed by atoms with van der Waals surface area (Å²) < 4.78 is 11.2. The lowest BCUT2D eigenvalue weighted by molar-refractivity contribution is 0.141. The first-order valence-electron chi connectivity index (χ1n) is 10.8. The number of fused-ring (bicyclic) bond motifs is 3. The van der Waals surface area contributed by atoms with Crippen LogP contribution in [-0.4, -0.2) is 47.9 Å². The van der Waals surface area contributed by atoms with E-state index < -0.39 is 0 Å². The molecule has 31 heavy (non-hydrogen) atoms. The number of thioether (sulfide) groups is 1. The van der Waals surface area contributed by atoms with Crippen LogP contribution in [0.2, 0.25) is 0 Å². The highest BCUT2D eigenvalue weighted by atomic mass is 32.2. The number of aryl methyl sites for hydroxylation is 2. The van der Waals surface area contributed by atoms with Crippen LogP contribution in [0.3, 0.4) is 0 Å². The van der Waals surface area contributed by atoms with E-state index in [1.165, 1.54) is 0 Å². The van der Waals surface area contributed by atoms with Crippen molar-refractivity contribution in [2.45, 2.75) is 50.9 Å². The second-order valence-electron chi connectivity index (χ2n) is 7.32. The summed E-state index contributed by atoms with van der Waals surface area (Å²) in [7, 11) is 0. The van der Waals surface area contributed by atoms with Gasteiger partial charge in [-0.25, -0.2) is 0 Å². The molecule has 8 nitrogen and oxygen atoms in total. The van der Waals surface area contributed by atoms with E-state index in [1.807, 2.05) is 58.7 Å². The Balaban J connectivity index is 1.48. The van der Waals surface area contributed by atoms with Gasteiger partial charge in [-0.3, -0.25) is 18.4 Å². The van der Waals surface area contributed by atoms with Gasteiger partial charge in [-0.2, -0.15) is 5.10 Å². The van der Waals surface area contributed by atoms with Crippen molar-refractivity contribution in [3.63, 3.8) is 0 Å². The summed E-state index contributed by atoms with van der Waals surface area (Å²) in [4.78, 5) is 13.1. The summed E-state index contributed by atoms with van der Waals surface area (Å²) in [6.07, 6.45) is 7.89. The summed E-state index contributed by atoms with van der Waals surface area (Å²) in [5, 5.41) is 14.6. The number of nitrogens with zero attached hydrogens (tertiary/aromatic N) is 6. The molecule has 0 N–H and O–H groups in total. The monoisotopic (exact) mass is 440 g/mol. The van der Waals surface area contributed by atoms with Crippen molar-refractivity contribution < 1.29 is 4.74 Å². The number of ether oxygens (including phenoxy) is 1. The lowest BCUT2D eigenvalue weighted by Gasteiger charge is -2.11. The number of hydrogen-bond donors (Lipinski definition) is 0. The highest BCUT2D eigenvalue weighted by Crippen LogP contribution is 2.22. The number of benzene rings is 1. The lowest BCUT2D eigenvalue weighted by Crippen LogP contribution is -2.24. The molecule has 0 spiro atoms. The molecular formula is C22H28N6O2S. The molecule has 3 heterocycles. The zero-order valence-electron chi connectivity index (χ0n) is 17.8. The Bertz CT molecular complexity index is 1170. The van der Waals surface area contributed by atoms with Crippen LogP contribution in [0.4, 0.5) is 0 Å². The molecule has 0 saturated carbocycles. The zero-order valence-corrected chi connectivity index (χ0v) is 18.6. The van der Waals surface area contributed by atoms with E-state index in [0.29, 0.717) is 30.9 Å². The van der Waals surface area contributed by atoms with Crippen LogP contribution < -0.4 is 5.56 Å². The molecule has 1 aromatic carbocycles. The molecule has 0 atom stereocenters. The van der Waals surface area contributed by atoms with E-state index in [9.17, 15) is 4.79 Å². The van der Waals surface area contributed by atoms with Crippen molar-refractivity contribution in [1.29, 1.82) is 0 Å². The van der Waals surface area contributed by atoms with Gasteiger partial charge in [0.2, 0.25) is 5.78 Å². The van der Waals surface area contributed by atoms with Crippen molar-refractivity contribution in [3.8, 4) is 0 Å². The molecule has 0 amide bonds. The maximum atomic E-state index is 13.1. The minimum absolute atomic E-state index is 0.0258. The van der Waals surface area contributed by atoms with Gasteiger partial charge in [0.25, 0.3) is 5.56 Å². The second-order valence-corrected chi connectivity index (χ2v) is 8.38. The molecular weight excluding hydrogens is 412 g/mol. The largest absolute Gasteiger partial charge is 0.382 e. The van der Waals surface area contributed by atoms with Crippen LogP contribution in [-0.2, 0) is 17.8 Å². The van der Waals surface area contributed by atoms with Gasteiger partial charge in [-0.1, -0.05) is 30.3 Å². The minimum atomic E-state index is -0.0258. The van der Waals surface area contributed by atoms with Crippen molar-refractivity contribution >= 4 is 28.4 Å².